The molecule has 6 nitrogen and oxygen atoms in total. The van der Waals surface area contributed by atoms with E-state index < -0.39 is 11.3 Å². The normalized spacial score (nSPS) is 27.6. The van der Waals surface area contributed by atoms with Crippen LogP contribution in [0.15, 0.2) is 24.3 Å². The van der Waals surface area contributed by atoms with Gasteiger partial charge in [-0.25, -0.2) is 0 Å². The molecule has 1 saturated carbocycles. The summed E-state index contributed by atoms with van der Waals surface area (Å²) in [5.74, 6) is -0.0476. The van der Waals surface area contributed by atoms with Crippen LogP contribution in [0.25, 0.3) is 0 Å². The van der Waals surface area contributed by atoms with E-state index in [4.69, 9.17) is 15.2 Å². The standard InChI is InChI=1S/C21H28N2O4/c22-20(25)21(10-13-26-19(24)14-21)15-4-6-17(7-5-15)27-18-8-11-23(12-9-18)16-2-1-3-16/h4-7,16,18H,1-3,8-14H2,(H2,22,25). The molecule has 1 amide bonds. The second-order valence-electron chi connectivity index (χ2n) is 8.06. The molecule has 6 heteroatoms. The second-order valence-corrected chi connectivity index (χ2v) is 8.06. The van der Waals surface area contributed by atoms with E-state index in [1.54, 1.807) is 0 Å². The molecule has 2 saturated heterocycles. The van der Waals surface area contributed by atoms with E-state index in [1.807, 2.05) is 24.3 Å². The Labute approximate surface area is 160 Å². The summed E-state index contributed by atoms with van der Waals surface area (Å²) in [6, 6.07) is 8.30. The van der Waals surface area contributed by atoms with Crippen LogP contribution in [0.5, 0.6) is 5.75 Å². The number of amides is 1. The minimum Gasteiger partial charge on any atom is -0.490 e. The number of nitrogens with two attached hydrogens (primary N) is 1. The molecule has 4 rings (SSSR count). The molecular formula is C21H28N2O4. The zero-order valence-electron chi connectivity index (χ0n) is 15.7. The lowest BCUT2D eigenvalue weighted by Crippen LogP contribution is -2.47. The van der Waals surface area contributed by atoms with Crippen molar-refractivity contribution in [3.05, 3.63) is 29.8 Å². The molecule has 0 radical (unpaired) electrons. The molecule has 146 valence electrons. The number of hydrogen-bond donors (Lipinski definition) is 1. The molecule has 3 aliphatic rings. The van der Waals surface area contributed by atoms with Gasteiger partial charge in [0, 0.05) is 25.6 Å². The number of ether oxygens (including phenoxy) is 2. The number of carbonyl (C=O) groups is 2. The van der Waals surface area contributed by atoms with Crippen molar-refractivity contribution in [2.24, 2.45) is 5.73 Å². The highest BCUT2D eigenvalue weighted by atomic mass is 16.5. The average Bonchev–Trinajstić information content (AvgIpc) is 2.62. The van der Waals surface area contributed by atoms with Crippen LogP contribution < -0.4 is 10.5 Å². The first-order chi connectivity index (χ1) is 13.1. The van der Waals surface area contributed by atoms with Crippen LogP contribution in [-0.2, 0) is 19.7 Å². The van der Waals surface area contributed by atoms with E-state index in [2.05, 4.69) is 4.90 Å². The summed E-state index contributed by atoms with van der Waals surface area (Å²) in [6.45, 7) is 2.44. The Morgan fingerprint density at radius 2 is 1.85 bits per heavy atom. The van der Waals surface area contributed by atoms with Crippen molar-refractivity contribution < 1.29 is 19.1 Å². The van der Waals surface area contributed by atoms with Gasteiger partial charge in [-0.05, 0) is 43.4 Å². The third-order valence-electron chi connectivity index (χ3n) is 6.49. The number of hydrogen-bond acceptors (Lipinski definition) is 5. The summed E-state index contributed by atoms with van der Waals surface area (Å²) in [5, 5.41) is 0. The largest absolute Gasteiger partial charge is 0.490 e. The molecule has 2 N–H and O–H groups in total. The lowest BCUT2D eigenvalue weighted by Gasteiger charge is -2.41. The minimum atomic E-state index is -0.970. The molecule has 0 aromatic heterocycles. The Morgan fingerprint density at radius 3 is 2.41 bits per heavy atom. The SMILES string of the molecule is NC(=O)C1(c2ccc(OC3CCN(C4CCC4)CC3)cc2)CCOC(=O)C1. The molecule has 3 fully saturated rings. The van der Waals surface area contributed by atoms with Crippen LogP contribution in [0, 0.1) is 0 Å². The fraction of sp³-hybridized carbons (Fsp3) is 0.619. The number of esters is 1. The number of carbonyl (C=O) groups excluding carboxylic acids is 2. The van der Waals surface area contributed by atoms with Gasteiger partial charge in [-0.3, -0.25) is 9.59 Å². The zero-order chi connectivity index (χ0) is 18.9. The highest BCUT2D eigenvalue weighted by molar-refractivity contribution is 5.92. The topological polar surface area (TPSA) is 81.9 Å². The van der Waals surface area contributed by atoms with Crippen LogP contribution in [0.1, 0.15) is 50.5 Å². The van der Waals surface area contributed by atoms with E-state index in [-0.39, 0.29) is 25.1 Å². The third-order valence-corrected chi connectivity index (χ3v) is 6.49. The van der Waals surface area contributed by atoms with Crippen molar-refractivity contribution in [3.63, 3.8) is 0 Å². The summed E-state index contributed by atoms with van der Waals surface area (Å²) in [6.07, 6.45) is 6.84. The monoisotopic (exact) mass is 372 g/mol. The first-order valence-electron chi connectivity index (χ1n) is 10.0. The Balaban J connectivity index is 1.38. The molecule has 1 aromatic carbocycles. The fourth-order valence-electron chi connectivity index (χ4n) is 4.48. The summed E-state index contributed by atoms with van der Waals surface area (Å²) in [5.41, 5.74) is 5.45. The number of likely N-dealkylation sites (tertiary alicyclic amines) is 1. The number of primary amides is 1. The van der Waals surface area contributed by atoms with Crippen LogP contribution >= 0.6 is 0 Å². The van der Waals surface area contributed by atoms with Gasteiger partial charge in [0.15, 0.2) is 0 Å². The van der Waals surface area contributed by atoms with Crippen molar-refractivity contribution in [1.29, 1.82) is 0 Å². The van der Waals surface area contributed by atoms with Crippen LogP contribution in [0.2, 0.25) is 0 Å². The summed E-state index contributed by atoms with van der Waals surface area (Å²) in [7, 11) is 0. The van der Waals surface area contributed by atoms with Gasteiger partial charge in [-0.15, -0.1) is 0 Å². The predicted octanol–water partition coefficient (Wildman–Crippen LogP) is 2.14. The van der Waals surface area contributed by atoms with Gasteiger partial charge in [0.25, 0.3) is 0 Å². The van der Waals surface area contributed by atoms with Gasteiger partial charge in [-0.2, -0.15) is 0 Å². The Hall–Kier alpha value is -2.08. The van der Waals surface area contributed by atoms with Crippen LogP contribution in [-0.4, -0.2) is 48.6 Å². The van der Waals surface area contributed by atoms with Gasteiger partial charge in [-0.1, -0.05) is 18.6 Å². The van der Waals surface area contributed by atoms with E-state index in [0.29, 0.717) is 6.42 Å². The molecule has 1 unspecified atom stereocenters. The van der Waals surface area contributed by atoms with Gasteiger partial charge in [0.1, 0.15) is 11.9 Å². The Bertz CT molecular complexity index is 693. The van der Waals surface area contributed by atoms with Gasteiger partial charge in [0.2, 0.25) is 5.91 Å². The second kappa shape index (κ2) is 7.50. The van der Waals surface area contributed by atoms with E-state index >= 15 is 0 Å². The van der Waals surface area contributed by atoms with Gasteiger partial charge in [0.05, 0.1) is 18.4 Å². The maximum Gasteiger partial charge on any atom is 0.307 e. The molecule has 27 heavy (non-hydrogen) atoms. The van der Waals surface area contributed by atoms with Crippen LogP contribution in [0.4, 0.5) is 0 Å². The molecule has 1 aromatic rings. The molecule has 1 aliphatic carbocycles. The van der Waals surface area contributed by atoms with E-state index in [1.165, 1.54) is 19.3 Å². The third kappa shape index (κ3) is 3.68. The van der Waals surface area contributed by atoms with Crippen molar-refractivity contribution in [3.8, 4) is 5.75 Å². The lowest BCUT2D eigenvalue weighted by atomic mass is 9.73. The first-order valence-corrected chi connectivity index (χ1v) is 10.0. The number of nitrogens with zero attached hydrogens (tertiary/aromatic N) is 1. The number of piperidine rings is 1. The van der Waals surface area contributed by atoms with Gasteiger partial charge >= 0.3 is 5.97 Å². The lowest BCUT2D eigenvalue weighted by molar-refractivity contribution is -0.153. The van der Waals surface area contributed by atoms with Crippen molar-refractivity contribution in [2.45, 2.75) is 62.5 Å². The highest BCUT2D eigenvalue weighted by Gasteiger charge is 2.44. The summed E-state index contributed by atoms with van der Waals surface area (Å²) in [4.78, 5) is 26.4. The average molecular weight is 372 g/mol. The minimum absolute atomic E-state index is 0.00215. The van der Waals surface area contributed by atoms with E-state index in [0.717, 1.165) is 43.3 Å². The maximum atomic E-state index is 12.1. The highest BCUT2D eigenvalue weighted by Crippen LogP contribution is 2.36. The number of benzene rings is 1. The smallest absolute Gasteiger partial charge is 0.307 e. The first kappa shape index (κ1) is 18.3. The fourth-order valence-corrected chi connectivity index (χ4v) is 4.48. The molecule has 2 heterocycles. The molecule has 0 bridgehead atoms. The van der Waals surface area contributed by atoms with Crippen molar-refractivity contribution in [1.82, 2.24) is 4.90 Å². The van der Waals surface area contributed by atoms with Crippen LogP contribution in [0.3, 0.4) is 0 Å². The summed E-state index contributed by atoms with van der Waals surface area (Å²) < 4.78 is 11.1. The van der Waals surface area contributed by atoms with Crippen molar-refractivity contribution >= 4 is 11.9 Å². The molecule has 0 spiro atoms. The molecule has 2 aliphatic heterocycles. The predicted molar refractivity (Wildman–Crippen MR) is 100 cm³/mol. The molecular weight excluding hydrogens is 344 g/mol. The number of cyclic esters (lactones) is 1. The molecule has 1 atom stereocenters. The zero-order valence-corrected chi connectivity index (χ0v) is 15.7. The maximum absolute atomic E-state index is 12.1. The van der Waals surface area contributed by atoms with Crippen molar-refractivity contribution in [2.75, 3.05) is 19.7 Å². The summed E-state index contributed by atoms with van der Waals surface area (Å²) >= 11 is 0. The Kier molecular flexibility index (Phi) is 5.08. The van der Waals surface area contributed by atoms with Gasteiger partial charge < -0.3 is 20.1 Å². The Morgan fingerprint density at radius 1 is 1.15 bits per heavy atom. The quantitative estimate of drug-likeness (QED) is 0.801. The number of rotatable bonds is 5. The van der Waals surface area contributed by atoms with E-state index in [9.17, 15) is 9.59 Å².